The molecule has 0 bridgehead atoms. The van der Waals surface area contributed by atoms with E-state index in [4.69, 9.17) is 0 Å². The maximum atomic E-state index is 2.83. The summed E-state index contributed by atoms with van der Waals surface area (Å²) in [6.45, 7) is 6.31. The summed E-state index contributed by atoms with van der Waals surface area (Å²) in [5.74, 6) is 0. The lowest BCUT2D eigenvalue weighted by Crippen LogP contribution is -2.45. The number of hydrogen-bond acceptors (Lipinski definition) is 2. The Bertz CT molecular complexity index is 185. The molecule has 88 valence electrons. The Morgan fingerprint density at radius 1 is 1.07 bits per heavy atom. The number of rotatable bonds is 3. The summed E-state index contributed by atoms with van der Waals surface area (Å²) in [6, 6.07) is 1.82. The zero-order valence-corrected chi connectivity index (χ0v) is 10.4. The van der Waals surface area contributed by atoms with Crippen molar-refractivity contribution in [2.75, 3.05) is 26.7 Å². The number of hydrogen-bond donors (Lipinski definition) is 0. The molecule has 2 saturated heterocycles. The summed E-state index contributed by atoms with van der Waals surface area (Å²) in [5, 5.41) is 0. The van der Waals surface area contributed by atoms with Crippen molar-refractivity contribution < 1.29 is 0 Å². The molecule has 0 N–H and O–H groups in total. The first-order chi connectivity index (χ1) is 7.31. The fourth-order valence-corrected chi connectivity index (χ4v) is 3.31. The van der Waals surface area contributed by atoms with Crippen LogP contribution in [0.5, 0.6) is 0 Å². The van der Waals surface area contributed by atoms with Gasteiger partial charge in [-0.15, -0.1) is 0 Å². The summed E-state index contributed by atoms with van der Waals surface area (Å²) in [5.41, 5.74) is 0. The maximum Gasteiger partial charge on any atom is 0.0122 e. The van der Waals surface area contributed by atoms with Gasteiger partial charge in [-0.05, 0) is 58.8 Å². The van der Waals surface area contributed by atoms with Gasteiger partial charge >= 0.3 is 0 Å². The zero-order valence-electron chi connectivity index (χ0n) is 10.4. The third-order valence-electron chi connectivity index (χ3n) is 4.20. The number of likely N-dealkylation sites (tertiary alicyclic amines) is 2. The topological polar surface area (TPSA) is 6.48 Å². The van der Waals surface area contributed by atoms with Crippen LogP contribution in [0.25, 0.3) is 0 Å². The minimum Gasteiger partial charge on any atom is -0.306 e. The largest absolute Gasteiger partial charge is 0.306 e. The second-order valence-corrected chi connectivity index (χ2v) is 5.36. The van der Waals surface area contributed by atoms with Crippen LogP contribution in [0.2, 0.25) is 0 Å². The molecule has 15 heavy (non-hydrogen) atoms. The van der Waals surface area contributed by atoms with Crippen molar-refractivity contribution in [2.24, 2.45) is 0 Å². The van der Waals surface area contributed by atoms with Crippen LogP contribution in [0.1, 0.15) is 45.4 Å². The fraction of sp³-hybridized carbons (Fsp3) is 1.00. The highest BCUT2D eigenvalue weighted by Crippen LogP contribution is 2.27. The summed E-state index contributed by atoms with van der Waals surface area (Å²) >= 11 is 0. The molecule has 0 amide bonds. The van der Waals surface area contributed by atoms with Gasteiger partial charge in [-0.2, -0.15) is 0 Å². The van der Waals surface area contributed by atoms with Gasteiger partial charge in [-0.1, -0.05) is 13.3 Å². The van der Waals surface area contributed by atoms with Gasteiger partial charge in [0.1, 0.15) is 0 Å². The van der Waals surface area contributed by atoms with Gasteiger partial charge in [0, 0.05) is 12.1 Å². The molecule has 2 rings (SSSR count). The van der Waals surface area contributed by atoms with Gasteiger partial charge in [0.2, 0.25) is 0 Å². The lowest BCUT2D eigenvalue weighted by molar-refractivity contribution is 0.106. The average Bonchev–Trinajstić information content (AvgIpc) is 2.68. The van der Waals surface area contributed by atoms with Crippen molar-refractivity contribution in [3.05, 3.63) is 0 Å². The fourth-order valence-electron chi connectivity index (χ4n) is 3.31. The minimum atomic E-state index is 0.903. The van der Waals surface area contributed by atoms with E-state index in [1.807, 2.05) is 0 Å². The average molecular weight is 210 g/mol. The summed E-state index contributed by atoms with van der Waals surface area (Å²) in [6.07, 6.45) is 8.48. The normalized spacial score (nSPS) is 31.2. The maximum absolute atomic E-state index is 2.83. The number of piperidine rings is 1. The SMILES string of the molecule is CCC[C@@H]1CCCN1C1CCN(C)CC1. The van der Waals surface area contributed by atoms with Crippen molar-refractivity contribution in [2.45, 2.75) is 57.5 Å². The molecule has 2 aliphatic rings. The van der Waals surface area contributed by atoms with Gasteiger partial charge < -0.3 is 4.90 Å². The van der Waals surface area contributed by atoms with Crippen molar-refractivity contribution >= 4 is 0 Å². The first-order valence-electron chi connectivity index (χ1n) is 6.75. The smallest absolute Gasteiger partial charge is 0.0122 e. The van der Waals surface area contributed by atoms with Crippen LogP contribution in [-0.4, -0.2) is 48.6 Å². The summed E-state index contributed by atoms with van der Waals surface area (Å²) < 4.78 is 0. The van der Waals surface area contributed by atoms with Gasteiger partial charge in [-0.3, -0.25) is 4.90 Å². The first kappa shape index (κ1) is 11.4. The van der Waals surface area contributed by atoms with E-state index in [0.29, 0.717) is 0 Å². The van der Waals surface area contributed by atoms with E-state index >= 15 is 0 Å². The Kier molecular flexibility index (Phi) is 4.04. The van der Waals surface area contributed by atoms with Crippen LogP contribution in [-0.2, 0) is 0 Å². The summed E-state index contributed by atoms with van der Waals surface area (Å²) in [4.78, 5) is 5.30. The van der Waals surface area contributed by atoms with Crippen molar-refractivity contribution in [1.82, 2.24) is 9.80 Å². The van der Waals surface area contributed by atoms with Crippen molar-refractivity contribution in [3.8, 4) is 0 Å². The minimum absolute atomic E-state index is 0.903. The Labute approximate surface area is 94.6 Å². The lowest BCUT2D eigenvalue weighted by Gasteiger charge is -2.38. The molecule has 0 aromatic heterocycles. The van der Waals surface area contributed by atoms with E-state index < -0.39 is 0 Å². The highest BCUT2D eigenvalue weighted by Gasteiger charge is 2.31. The van der Waals surface area contributed by atoms with E-state index in [1.165, 1.54) is 58.2 Å². The predicted molar refractivity (Wildman–Crippen MR) is 65.2 cm³/mol. The Morgan fingerprint density at radius 3 is 2.47 bits per heavy atom. The second-order valence-electron chi connectivity index (χ2n) is 5.36. The highest BCUT2D eigenvalue weighted by molar-refractivity contribution is 4.87. The van der Waals surface area contributed by atoms with E-state index in [1.54, 1.807) is 0 Å². The quantitative estimate of drug-likeness (QED) is 0.705. The molecule has 2 aliphatic heterocycles. The Morgan fingerprint density at radius 2 is 1.80 bits per heavy atom. The van der Waals surface area contributed by atoms with Gasteiger partial charge in [0.15, 0.2) is 0 Å². The van der Waals surface area contributed by atoms with E-state index in [0.717, 1.165) is 12.1 Å². The lowest BCUT2D eigenvalue weighted by atomic mass is 10.0. The molecule has 2 heteroatoms. The molecule has 2 heterocycles. The Balaban J connectivity index is 1.86. The third kappa shape index (κ3) is 2.73. The van der Waals surface area contributed by atoms with Crippen molar-refractivity contribution in [3.63, 3.8) is 0 Å². The van der Waals surface area contributed by atoms with E-state index in [-0.39, 0.29) is 0 Å². The molecule has 0 unspecified atom stereocenters. The molecule has 0 aliphatic carbocycles. The van der Waals surface area contributed by atoms with Crippen LogP contribution in [0, 0.1) is 0 Å². The molecule has 0 radical (unpaired) electrons. The molecule has 1 atom stereocenters. The zero-order chi connectivity index (χ0) is 10.7. The standard InChI is InChI=1S/C13H26N2/c1-3-5-12-6-4-9-15(12)13-7-10-14(2)11-8-13/h12-13H,3-11H2,1-2H3/t12-/m1/s1. The van der Waals surface area contributed by atoms with Crippen LogP contribution < -0.4 is 0 Å². The number of nitrogens with zero attached hydrogens (tertiary/aromatic N) is 2. The van der Waals surface area contributed by atoms with E-state index in [9.17, 15) is 0 Å². The molecule has 0 saturated carbocycles. The van der Waals surface area contributed by atoms with Gasteiger partial charge in [0.25, 0.3) is 0 Å². The van der Waals surface area contributed by atoms with Crippen molar-refractivity contribution in [1.29, 1.82) is 0 Å². The van der Waals surface area contributed by atoms with E-state index in [2.05, 4.69) is 23.8 Å². The predicted octanol–water partition coefficient (Wildman–Crippen LogP) is 2.35. The second kappa shape index (κ2) is 5.31. The molecular weight excluding hydrogens is 184 g/mol. The summed E-state index contributed by atoms with van der Waals surface area (Å²) in [7, 11) is 2.25. The molecular formula is C13H26N2. The monoisotopic (exact) mass is 210 g/mol. The molecule has 0 spiro atoms. The highest BCUT2D eigenvalue weighted by atomic mass is 15.2. The van der Waals surface area contributed by atoms with Gasteiger partial charge in [0.05, 0.1) is 0 Å². The van der Waals surface area contributed by atoms with Crippen LogP contribution in [0.3, 0.4) is 0 Å². The van der Waals surface area contributed by atoms with Gasteiger partial charge in [-0.25, -0.2) is 0 Å². The third-order valence-corrected chi connectivity index (χ3v) is 4.20. The molecule has 2 nitrogen and oxygen atoms in total. The Hall–Kier alpha value is -0.0800. The van der Waals surface area contributed by atoms with Crippen LogP contribution in [0.15, 0.2) is 0 Å². The molecule has 0 aromatic carbocycles. The van der Waals surface area contributed by atoms with Crippen LogP contribution in [0.4, 0.5) is 0 Å². The van der Waals surface area contributed by atoms with Crippen LogP contribution >= 0.6 is 0 Å². The first-order valence-corrected chi connectivity index (χ1v) is 6.75. The molecule has 2 fully saturated rings. The molecule has 0 aromatic rings.